The molecular formula is C17H18N4OS. The number of nitrogens with zero attached hydrogens (tertiary/aromatic N) is 1. The summed E-state index contributed by atoms with van der Waals surface area (Å²) in [7, 11) is 0. The first-order valence-corrected chi connectivity index (χ1v) is 8.11. The van der Waals surface area contributed by atoms with Crippen LogP contribution in [-0.2, 0) is 11.2 Å². The molecule has 1 heterocycles. The Hall–Kier alpha value is -2.44. The number of amides is 1. The minimum Gasteiger partial charge on any atom is -0.325 e. The standard InChI is InChI=1S/C17H18N4OS/c1-10-8-13-16(23-17(19-13)21-18)11(2)15(10)20-14(22)9-12-6-4-3-5-7-12/h3-8H,9,18H2,1-2H3,(H,19,21)(H,20,22). The van der Waals surface area contributed by atoms with Gasteiger partial charge in [0.2, 0.25) is 5.91 Å². The van der Waals surface area contributed by atoms with Gasteiger partial charge in [-0.3, -0.25) is 10.2 Å². The fraction of sp³-hybridized carbons (Fsp3) is 0.176. The summed E-state index contributed by atoms with van der Waals surface area (Å²) < 4.78 is 1.03. The number of hydrogen-bond acceptors (Lipinski definition) is 5. The van der Waals surface area contributed by atoms with E-state index in [9.17, 15) is 4.79 Å². The highest BCUT2D eigenvalue weighted by molar-refractivity contribution is 7.22. The molecule has 0 aliphatic carbocycles. The number of carbonyl (C=O) groups is 1. The number of benzene rings is 2. The van der Waals surface area contributed by atoms with Crippen LogP contribution in [0, 0.1) is 13.8 Å². The van der Waals surface area contributed by atoms with Crippen LogP contribution in [0.1, 0.15) is 16.7 Å². The number of thiazole rings is 1. The van der Waals surface area contributed by atoms with Gasteiger partial charge in [-0.25, -0.2) is 10.8 Å². The van der Waals surface area contributed by atoms with Crippen LogP contribution in [0.4, 0.5) is 10.8 Å². The molecule has 0 spiro atoms. The van der Waals surface area contributed by atoms with E-state index >= 15 is 0 Å². The third-order valence-corrected chi connectivity index (χ3v) is 4.83. The number of nitrogens with one attached hydrogen (secondary N) is 2. The summed E-state index contributed by atoms with van der Waals surface area (Å²) in [6, 6.07) is 11.7. The Balaban J connectivity index is 1.88. The van der Waals surface area contributed by atoms with Gasteiger partial charge >= 0.3 is 0 Å². The molecule has 23 heavy (non-hydrogen) atoms. The Morgan fingerprint density at radius 3 is 2.70 bits per heavy atom. The van der Waals surface area contributed by atoms with Crippen LogP contribution in [0.3, 0.4) is 0 Å². The Bertz CT molecular complexity index is 858. The third-order valence-electron chi connectivity index (χ3n) is 3.71. The summed E-state index contributed by atoms with van der Waals surface area (Å²) in [5, 5.41) is 3.70. The van der Waals surface area contributed by atoms with Crippen molar-refractivity contribution in [1.29, 1.82) is 0 Å². The molecule has 6 heteroatoms. The van der Waals surface area contributed by atoms with Crippen LogP contribution >= 0.6 is 11.3 Å². The van der Waals surface area contributed by atoms with Crippen LogP contribution in [-0.4, -0.2) is 10.9 Å². The van der Waals surface area contributed by atoms with Gasteiger partial charge in [0.05, 0.1) is 16.6 Å². The highest BCUT2D eigenvalue weighted by Gasteiger charge is 2.14. The maximum absolute atomic E-state index is 12.3. The predicted octanol–water partition coefficient (Wildman–Crippen LogP) is 3.38. The molecule has 0 unspecified atom stereocenters. The monoisotopic (exact) mass is 326 g/mol. The molecule has 1 amide bonds. The first kappa shape index (κ1) is 15.5. The summed E-state index contributed by atoms with van der Waals surface area (Å²) >= 11 is 1.48. The number of aryl methyl sites for hydroxylation is 2. The molecule has 4 N–H and O–H groups in total. The van der Waals surface area contributed by atoms with Crippen molar-refractivity contribution in [2.24, 2.45) is 5.84 Å². The van der Waals surface area contributed by atoms with Crippen molar-refractivity contribution >= 4 is 38.3 Å². The highest BCUT2D eigenvalue weighted by Crippen LogP contribution is 2.34. The molecule has 3 rings (SSSR count). The molecule has 0 saturated carbocycles. The predicted molar refractivity (Wildman–Crippen MR) is 95.7 cm³/mol. The largest absolute Gasteiger partial charge is 0.325 e. The number of fused-ring (bicyclic) bond motifs is 1. The van der Waals surface area contributed by atoms with Crippen molar-refractivity contribution in [2.75, 3.05) is 10.7 Å². The van der Waals surface area contributed by atoms with Crippen molar-refractivity contribution < 1.29 is 4.79 Å². The smallest absolute Gasteiger partial charge is 0.228 e. The summed E-state index contributed by atoms with van der Waals surface area (Å²) in [6.45, 7) is 3.96. The zero-order valence-electron chi connectivity index (χ0n) is 13.0. The average molecular weight is 326 g/mol. The number of hydrazine groups is 1. The van der Waals surface area contributed by atoms with Crippen molar-refractivity contribution in [3.63, 3.8) is 0 Å². The van der Waals surface area contributed by atoms with Gasteiger partial charge in [-0.2, -0.15) is 0 Å². The maximum atomic E-state index is 12.3. The minimum atomic E-state index is -0.0246. The Labute approximate surface area is 138 Å². The van der Waals surface area contributed by atoms with E-state index in [1.807, 2.05) is 50.2 Å². The molecule has 118 valence electrons. The van der Waals surface area contributed by atoms with Gasteiger partial charge in [-0.05, 0) is 36.6 Å². The normalized spacial score (nSPS) is 10.7. The van der Waals surface area contributed by atoms with Crippen LogP contribution in [0.5, 0.6) is 0 Å². The van der Waals surface area contributed by atoms with Crippen LogP contribution in [0.2, 0.25) is 0 Å². The van der Waals surface area contributed by atoms with Crippen LogP contribution < -0.4 is 16.6 Å². The summed E-state index contributed by atoms with van der Waals surface area (Å²) in [5.41, 5.74) is 7.32. The van der Waals surface area contributed by atoms with Gasteiger partial charge in [0.1, 0.15) is 0 Å². The molecule has 0 radical (unpaired) electrons. The maximum Gasteiger partial charge on any atom is 0.228 e. The van der Waals surface area contributed by atoms with Gasteiger partial charge in [0.25, 0.3) is 0 Å². The van der Waals surface area contributed by atoms with Crippen molar-refractivity contribution in [1.82, 2.24) is 4.98 Å². The van der Waals surface area contributed by atoms with E-state index in [2.05, 4.69) is 15.7 Å². The van der Waals surface area contributed by atoms with E-state index in [4.69, 9.17) is 5.84 Å². The van der Waals surface area contributed by atoms with E-state index in [-0.39, 0.29) is 5.91 Å². The van der Waals surface area contributed by atoms with Gasteiger partial charge in [-0.15, -0.1) is 0 Å². The molecular weight excluding hydrogens is 308 g/mol. The zero-order valence-corrected chi connectivity index (χ0v) is 13.8. The third kappa shape index (κ3) is 3.18. The van der Waals surface area contributed by atoms with E-state index in [0.29, 0.717) is 11.6 Å². The molecule has 0 fully saturated rings. The Morgan fingerprint density at radius 2 is 2.00 bits per heavy atom. The molecule has 0 atom stereocenters. The second kappa shape index (κ2) is 6.36. The first-order valence-electron chi connectivity index (χ1n) is 7.29. The molecule has 2 aromatic carbocycles. The molecule has 0 bridgehead atoms. The zero-order chi connectivity index (χ0) is 16.4. The van der Waals surface area contributed by atoms with Crippen LogP contribution in [0.25, 0.3) is 10.2 Å². The number of carbonyl (C=O) groups excluding carboxylic acids is 1. The lowest BCUT2D eigenvalue weighted by Crippen LogP contribution is -2.16. The van der Waals surface area contributed by atoms with Crippen molar-refractivity contribution in [2.45, 2.75) is 20.3 Å². The lowest BCUT2D eigenvalue weighted by atomic mass is 10.1. The van der Waals surface area contributed by atoms with Gasteiger partial charge in [0, 0.05) is 5.69 Å². The average Bonchev–Trinajstić information content (AvgIpc) is 2.95. The van der Waals surface area contributed by atoms with Gasteiger partial charge in [0.15, 0.2) is 5.13 Å². The first-order chi connectivity index (χ1) is 11.1. The lowest BCUT2D eigenvalue weighted by molar-refractivity contribution is -0.115. The fourth-order valence-electron chi connectivity index (χ4n) is 2.60. The fourth-order valence-corrected chi connectivity index (χ4v) is 3.46. The minimum absolute atomic E-state index is 0.0246. The second-order valence-electron chi connectivity index (χ2n) is 5.42. The molecule has 5 nitrogen and oxygen atoms in total. The highest BCUT2D eigenvalue weighted by atomic mass is 32.1. The number of hydrogen-bond donors (Lipinski definition) is 3. The Kier molecular flexibility index (Phi) is 4.27. The number of aromatic nitrogens is 1. The lowest BCUT2D eigenvalue weighted by Gasteiger charge is -2.12. The number of anilines is 2. The number of nitrogens with two attached hydrogens (primary N) is 1. The van der Waals surface area contributed by atoms with Crippen LogP contribution in [0.15, 0.2) is 36.4 Å². The van der Waals surface area contributed by atoms with Gasteiger partial charge < -0.3 is 5.32 Å². The number of rotatable bonds is 4. The summed E-state index contributed by atoms with van der Waals surface area (Å²) in [6.07, 6.45) is 0.357. The summed E-state index contributed by atoms with van der Waals surface area (Å²) in [5.74, 6) is 5.41. The molecule has 3 aromatic rings. The van der Waals surface area contributed by atoms with Crippen molar-refractivity contribution in [3.8, 4) is 0 Å². The molecule has 0 saturated heterocycles. The van der Waals surface area contributed by atoms with E-state index in [0.717, 1.165) is 32.6 Å². The molecule has 0 aliphatic heterocycles. The molecule has 1 aromatic heterocycles. The van der Waals surface area contributed by atoms with E-state index in [1.54, 1.807) is 0 Å². The second-order valence-corrected chi connectivity index (χ2v) is 6.41. The molecule has 0 aliphatic rings. The summed E-state index contributed by atoms with van der Waals surface area (Å²) in [4.78, 5) is 16.7. The quantitative estimate of drug-likeness (QED) is 0.507. The van der Waals surface area contributed by atoms with Gasteiger partial charge in [-0.1, -0.05) is 41.7 Å². The van der Waals surface area contributed by atoms with Crippen molar-refractivity contribution in [3.05, 3.63) is 53.1 Å². The van der Waals surface area contributed by atoms with E-state index < -0.39 is 0 Å². The number of nitrogen functional groups attached to an aromatic ring is 1. The van der Waals surface area contributed by atoms with E-state index in [1.165, 1.54) is 11.3 Å². The Morgan fingerprint density at radius 1 is 1.26 bits per heavy atom. The topological polar surface area (TPSA) is 80.0 Å². The SMILES string of the molecule is Cc1cc2nc(NN)sc2c(C)c1NC(=O)Cc1ccccc1.